The summed E-state index contributed by atoms with van der Waals surface area (Å²) in [6.45, 7) is 4.10. The number of ketones is 2. The average Bonchev–Trinajstić information content (AvgIpc) is 2.93. The highest BCUT2D eigenvalue weighted by molar-refractivity contribution is 6.01. The number of fused-ring (bicyclic) bond motifs is 5. The van der Waals surface area contributed by atoms with Gasteiger partial charge < -0.3 is 15.3 Å². The third-order valence-electron chi connectivity index (χ3n) is 7.85. The first-order valence-corrected chi connectivity index (χ1v) is 9.62. The molecule has 4 rings (SSSR count). The summed E-state index contributed by atoms with van der Waals surface area (Å²) in [5.41, 5.74) is -4.16. The summed E-state index contributed by atoms with van der Waals surface area (Å²) >= 11 is 0. The molecule has 0 radical (unpaired) electrons. The molecule has 5 heteroatoms. The molecule has 8 atom stereocenters. The Morgan fingerprint density at radius 2 is 2.15 bits per heavy atom. The Morgan fingerprint density at radius 3 is 2.81 bits per heavy atom. The van der Waals surface area contributed by atoms with Crippen LogP contribution in [0.3, 0.4) is 0 Å². The van der Waals surface area contributed by atoms with Crippen molar-refractivity contribution in [2.45, 2.75) is 58.2 Å². The zero-order valence-corrected chi connectivity index (χ0v) is 16.0. The number of rotatable bonds is 2. The minimum atomic E-state index is -1.83. The van der Waals surface area contributed by atoms with Crippen molar-refractivity contribution >= 4 is 11.6 Å². The smallest absolute Gasteiger partial charge is 0.190 e. The van der Waals surface area contributed by atoms with Gasteiger partial charge in [-0.2, -0.15) is 0 Å². The van der Waals surface area contributed by atoms with E-state index in [1.165, 1.54) is 6.08 Å². The number of allylic oxidation sites excluding steroid dienone is 4. The van der Waals surface area contributed by atoms with E-state index in [2.05, 4.69) is 0 Å². The zero-order valence-electron chi connectivity index (χ0n) is 20.0. The Morgan fingerprint density at radius 1 is 1.44 bits per heavy atom. The van der Waals surface area contributed by atoms with Gasteiger partial charge in [0.25, 0.3) is 0 Å². The van der Waals surface area contributed by atoms with Gasteiger partial charge in [-0.05, 0) is 55.5 Å². The van der Waals surface area contributed by atoms with E-state index in [1.807, 2.05) is 0 Å². The van der Waals surface area contributed by atoms with Crippen LogP contribution in [0.25, 0.3) is 0 Å². The number of Topliss-reactive ketones (excluding diaryl/α,β-unsaturated/α-hetero) is 1. The molecule has 5 nitrogen and oxygen atoms in total. The fourth-order valence-corrected chi connectivity index (χ4v) is 6.56. The monoisotopic (exact) mass is 378 g/mol. The number of aliphatic hydroxyl groups is 3. The molecule has 0 aromatic carbocycles. The van der Waals surface area contributed by atoms with Crippen molar-refractivity contribution in [1.29, 1.82) is 0 Å². The summed E-state index contributed by atoms with van der Waals surface area (Å²) in [5, 5.41) is 32.1. The number of hydrogen-bond donors (Lipinski definition) is 3. The maximum atomic E-state index is 12.5. The van der Waals surface area contributed by atoms with Crippen LogP contribution < -0.4 is 0 Å². The van der Waals surface area contributed by atoms with Crippen LogP contribution in [0.5, 0.6) is 0 Å². The van der Waals surface area contributed by atoms with E-state index >= 15 is 0 Å². The lowest BCUT2D eigenvalue weighted by atomic mass is 9.45. The lowest BCUT2D eigenvalue weighted by Crippen LogP contribution is -2.62. The fraction of sp³-hybridized carbons (Fsp3) is 0.727. The Labute approximate surface area is 165 Å². The molecule has 0 heterocycles. The molecule has 4 aliphatic carbocycles. The van der Waals surface area contributed by atoms with Crippen molar-refractivity contribution < 1.29 is 30.4 Å². The van der Waals surface area contributed by atoms with E-state index in [-0.39, 0.29) is 30.8 Å². The number of carbonyl (C=O) groups excluding carboxylic acids is 2. The molecule has 0 spiro atoms. The molecular formula is C22H30O5. The van der Waals surface area contributed by atoms with E-state index < -0.39 is 70.5 Å². The van der Waals surface area contributed by atoms with Crippen LogP contribution in [0.1, 0.15) is 51.9 Å². The largest absolute Gasteiger partial charge is 0.393 e. The molecule has 3 unspecified atom stereocenters. The van der Waals surface area contributed by atoms with Gasteiger partial charge in [0.1, 0.15) is 12.2 Å². The number of hydrogen-bond acceptors (Lipinski definition) is 5. The summed E-state index contributed by atoms with van der Waals surface area (Å²) in [6, 6.07) is -0.866. The van der Waals surface area contributed by atoms with Crippen molar-refractivity contribution in [3.8, 4) is 0 Å². The predicted octanol–water partition coefficient (Wildman–Crippen LogP) is 1.80. The van der Waals surface area contributed by atoms with Gasteiger partial charge in [0.15, 0.2) is 11.6 Å². The van der Waals surface area contributed by atoms with Gasteiger partial charge in [0, 0.05) is 19.5 Å². The van der Waals surface area contributed by atoms with E-state index in [0.29, 0.717) is 6.42 Å². The molecule has 0 saturated heterocycles. The second-order valence-corrected chi connectivity index (χ2v) is 9.09. The summed E-state index contributed by atoms with van der Waals surface area (Å²) in [4.78, 5) is 24.9. The fourth-order valence-electron chi connectivity index (χ4n) is 6.56. The summed E-state index contributed by atoms with van der Waals surface area (Å²) < 4.78 is 35.0. The van der Waals surface area contributed by atoms with Gasteiger partial charge in [-0.1, -0.05) is 32.4 Å². The molecule has 0 amide bonds. The normalized spacial score (nSPS) is 59.6. The van der Waals surface area contributed by atoms with E-state index in [0.717, 1.165) is 0 Å². The highest BCUT2D eigenvalue weighted by Crippen LogP contribution is 2.67. The van der Waals surface area contributed by atoms with Gasteiger partial charge in [-0.15, -0.1) is 0 Å². The van der Waals surface area contributed by atoms with Gasteiger partial charge in [0.2, 0.25) is 0 Å². The molecule has 0 aromatic heterocycles. The second-order valence-electron chi connectivity index (χ2n) is 9.09. The molecule has 0 aromatic rings. The van der Waals surface area contributed by atoms with Crippen LogP contribution in [-0.4, -0.2) is 45.2 Å². The van der Waals surface area contributed by atoms with Crippen LogP contribution in [-0.2, 0) is 9.59 Å². The quantitative estimate of drug-likeness (QED) is 0.681. The SMILES string of the molecule is [2H]C1=C[C@@]2(C)C(=C([2H])C1=O)[C@@]([2H])(C)CC1C3CC[C@](O)(C(=O)CO)[C@]3(C)CC(O)[C@]12[2H]. The van der Waals surface area contributed by atoms with Crippen molar-refractivity contribution in [3.63, 3.8) is 0 Å². The molecule has 3 saturated carbocycles. The maximum absolute atomic E-state index is 12.5. The van der Waals surface area contributed by atoms with Gasteiger partial charge in [-0.25, -0.2) is 0 Å². The van der Waals surface area contributed by atoms with Crippen LogP contribution >= 0.6 is 0 Å². The van der Waals surface area contributed by atoms with Crippen molar-refractivity contribution in [2.24, 2.45) is 34.5 Å². The standard InChI is InChI=1S/C22H30O5/c1-12-8-14-15-5-7-22(27,18(26)11-23)21(15,3)10-17(25)19(14)20(2)6-4-13(24)9-16(12)20/h4,6,9,12,14-15,17,19,23,25,27H,5,7-8,10-11H2,1-3H3/t12-,14?,15?,17?,19-,20-,21+,22-/m0/s1/i4D,9D,12D,19D. The third kappa shape index (κ3) is 2.28. The Balaban J connectivity index is 1.93. The first-order valence-electron chi connectivity index (χ1n) is 11.6. The van der Waals surface area contributed by atoms with E-state index in [9.17, 15) is 26.3 Å². The van der Waals surface area contributed by atoms with Gasteiger partial charge in [-0.3, -0.25) is 9.59 Å². The van der Waals surface area contributed by atoms with E-state index in [4.69, 9.17) is 4.11 Å². The first kappa shape index (κ1) is 14.7. The van der Waals surface area contributed by atoms with Gasteiger partial charge in [0.05, 0.1) is 8.85 Å². The topological polar surface area (TPSA) is 94.8 Å². The van der Waals surface area contributed by atoms with Gasteiger partial charge >= 0.3 is 0 Å². The summed E-state index contributed by atoms with van der Waals surface area (Å²) in [7, 11) is 0. The molecule has 4 aliphatic rings. The molecular weight excluding hydrogens is 344 g/mol. The number of aliphatic hydroxyl groups excluding tert-OH is 2. The van der Waals surface area contributed by atoms with E-state index in [1.54, 1.807) is 20.8 Å². The highest BCUT2D eigenvalue weighted by atomic mass is 16.3. The lowest BCUT2D eigenvalue weighted by Gasteiger charge is -2.60. The lowest BCUT2D eigenvalue weighted by molar-refractivity contribution is -0.180. The third-order valence-corrected chi connectivity index (χ3v) is 7.85. The van der Waals surface area contributed by atoms with Crippen LogP contribution in [0.4, 0.5) is 0 Å². The molecule has 3 N–H and O–H groups in total. The Kier molecular flexibility index (Phi) is 3.18. The summed E-state index contributed by atoms with van der Waals surface area (Å²) in [5.74, 6) is -5.53. The Hall–Kier alpha value is -1.30. The average molecular weight is 379 g/mol. The van der Waals surface area contributed by atoms with Crippen LogP contribution in [0.15, 0.2) is 23.8 Å². The molecule has 148 valence electrons. The second kappa shape index (κ2) is 5.85. The molecule has 0 bridgehead atoms. The number of carbonyl (C=O) groups is 2. The highest BCUT2D eigenvalue weighted by Gasteiger charge is 2.68. The minimum absolute atomic E-state index is 0.0695. The van der Waals surface area contributed by atoms with Crippen LogP contribution in [0.2, 0.25) is 0 Å². The van der Waals surface area contributed by atoms with Crippen molar-refractivity contribution in [3.05, 3.63) is 23.8 Å². The Bertz CT molecular complexity index is 944. The predicted molar refractivity (Wildman–Crippen MR) is 99.6 cm³/mol. The molecule has 27 heavy (non-hydrogen) atoms. The van der Waals surface area contributed by atoms with Crippen LogP contribution in [0, 0.1) is 34.5 Å². The first-order chi connectivity index (χ1) is 14.1. The minimum Gasteiger partial charge on any atom is -0.393 e. The summed E-state index contributed by atoms with van der Waals surface area (Å²) in [6.07, 6.45) is 0.491. The van der Waals surface area contributed by atoms with Crippen molar-refractivity contribution in [2.75, 3.05) is 6.61 Å². The van der Waals surface area contributed by atoms with Crippen molar-refractivity contribution in [1.82, 2.24) is 0 Å². The molecule has 0 aliphatic heterocycles. The molecule has 3 fully saturated rings. The zero-order chi connectivity index (χ0) is 23.4. The maximum Gasteiger partial charge on any atom is 0.190 e.